The first kappa shape index (κ1) is 22.2. The fourth-order valence-corrected chi connectivity index (χ4v) is 5.19. The predicted molar refractivity (Wildman–Crippen MR) is 121 cm³/mol. The van der Waals surface area contributed by atoms with Crippen molar-refractivity contribution in [2.75, 3.05) is 23.1 Å². The van der Waals surface area contributed by atoms with E-state index >= 15 is 0 Å². The summed E-state index contributed by atoms with van der Waals surface area (Å²) < 4.78 is 40.2. The standard InChI is InChI=1S/C22H22BrFN2O3S/c1-2-12-25(16-18-15-19(23)7-10-21(18)24)22(27)11-6-17-4-8-20(9-5-17)26-13-3-14-30(26,28)29/h2,4-11,15H,1,3,12-14,16H2/b11-6+. The molecule has 3 rings (SSSR count). The van der Waals surface area contributed by atoms with Crippen molar-refractivity contribution in [3.05, 3.63) is 82.6 Å². The minimum absolute atomic E-state index is 0.117. The lowest BCUT2D eigenvalue weighted by Crippen LogP contribution is -2.29. The predicted octanol–water partition coefficient (Wildman–Crippen LogP) is 4.36. The van der Waals surface area contributed by atoms with E-state index in [9.17, 15) is 17.6 Å². The van der Waals surface area contributed by atoms with E-state index in [4.69, 9.17) is 0 Å². The lowest BCUT2D eigenvalue weighted by atomic mass is 10.1. The molecule has 0 radical (unpaired) electrons. The molecular weight excluding hydrogens is 471 g/mol. The number of benzene rings is 2. The Hall–Kier alpha value is -2.45. The van der Waals surface area contributed by atoms with Crippen molar-refractivity contribution in [1.29, 1.82) is 0 Å². The maximum absolute atomic E-state index is 14.1. The van der Waals surface area contributed by atoms with Gasteiger partial charge in [-0.3, -0.25) is 9.10 Å². The van der Waals surface area contributed by atoms with E-state index in [0.29, 0.717) is 24.2 Å². The highest BCUT2D eigenvalue weighted by atomic mass is 79.9. The first-order valence-corrected chi connectivity index (χ1v) is 11.8. The van der Waals surface area contributed by atoms with Gasteiger partial charge in [0.25, 0.3) is 0 Å². The zero-order valence-electron chi connectivity index (χ0n) is 16.3. The van der Waals surface area contributed by atoms with Crippen molar-refractivity contribution in [3.63, 3.8) is 0 Å². The summed E-state index contributed by atoms with van der Waals surface area (Å²) in [6, 6.07) is 11.6. The Labute approximate surface area is 184 Å². The molecule has 1 aliphatic heterocycles. The van der Waals surface area contributed by atoms with Gasteiger partial charge < -0.3 is 4.90 Å². The van der Waals surface area contributed by atoms with Crippen LogP contribution in [0, 0.1) is 5.82 Å². The van der Waals surface area contributed by atoms with Gasteiger partial charge in [-0.2, -0.15) is 0 Å². The molecule has 0 aromatic heterocycles. The molecule has 0 unspecified atom stereocenters. The summed E-state index contributed by atoms with van der Waals surface area (Å²) in [6.45, 7) is 4.55. The van der Waals surface area contributed by atoms with Crippen molar-refractivity contribution in [2.24, 2.45) is 0 Å². The second-order valence-electron chi connectivity index (χ2n) is 6.91. The van der Waals surface area contributed by atoms with Gasteiger partial charge in [0.2, 0.25) is 15.9 Å². The highest BCUT2D eigenvalue weighted by Crippen LogP contribution is 2.24. The summed E-state index contributed by atoms with van der Waals surface area (Å²) >= 11 is 3.32. The van der Waals surface area contributed by atoms with E-state index in [2.05, 4.69) is 22.5 Å². The molecule has 1 aliphatic rings. The van der Waals surface area contributed by atoms with Crippen LogP contribution < -0.4 is 4.31 Å². The van der Waals surface area contributed by atoms with Crippen LogP contribution in [0.25, 0.3) is 6.08 Å². The summed E-state index contributed by atoms with van der Waals surface area (Å²) in [5.41, 5.74) is 1.79. The van der Waals surface area contributed by atoms with Crippen molar-refractivity contribution >= 4 is 43.6 Å². The van der Waals surface area contributed by atoms with Crippen LogP contribution in [0.3, 0.4) is 0 Å². The fraction of sp³-hybridized carbons (Fsp3) is 0.227. The molecular formula is C22H22BrFN2O3S. The van der Waals surface area contributed by atoms with Crippen molar-refractivity contribution in [1.82, 2.24) is 4.90 Å². The molecule has 0 bridgehead atoms. The largest absolute Gasteiger partial charge is 0.331 e. The summed E-state index contributed by atoms with van der Waals surface area (Å²) in [4.78, 5) is 14.1. The average molecular weight is 493 g/mol. The molecule has 1 saturated heterocycles. The quantitative estimate of drug-likeness (QED) is 0.426. The molecule has 2 aromatic rings. The molecule has 30 heavy (non-hydrogen) atoms. The third-order valence-electron chi connectivity index (χ3n) is 4.73. The van der Waals surface area contributed by atoms with E-state index in [-0.39, 0.29) is 30.6 Å². The van der Waals surface area contributed by atoms with Gasteiger partial charge in [-0.25, -0.2) is 12.8 Å². The third-order valence-corrected chi connectivity index (χ3v) is 7.09. The van der Waals surface area contributed by atoms with Gasteiger partial charge in [-0.15, -0.1) is 6.58 Å². The van der Waals surface area contributed by atoms with Crippen LogP contribution in [-0.2, 0) is 21.4 Å². The summed E-state index contributed by atoms with van der Waals surface area (Å²) in [5.74, 6) is -0.488. The second kappa shape index (κ2) is 9.57. The molecule has 0 saturated carbocycles. The topological polar surface area (TPSA) is 57.7 Å². The average Bonchev–Trinajstić information content (AvgIpc) is 3.08. The second-order valence-corrected chi connectivity index (χ2v) is 9.84. The van der Waals surface area contributed by atoms with Crippen molar-refractivity contribution in [2.45, 2.75) is 13.0 Å². The molecule has 0 spiro atoms. The Bertz CT molecular complexity index is 1070. The molecule has 1 heterocycles. The lowest BCUT2D eigenvalue weighted by Gasteiger charge is -2.20. The summed E-state index contributed by atoms with van der Waals surface area (Å²) in [5, 5.41) is 0. The van der Waals surface area contributed by atoms with E-state index in [0.717, 1.165) is 10.0 Å². The van der Waals surface area contributed by atoms with Gasteiger partial charge in [0.1, 0.15) is 5.82 Å². The van der Waals surface area contributed by atoms with Crippen LogP contribution in [-0.4, -0.2) is 38.1 Å². The third kappa shape index (κ3) is 5.37. The number of rotatable bonds is 7. The lowest BCUT2D eigenvalue weighted by molar-refractivity contribution is -0.126. The highest BCUT2D eigenvalue weighted by molar-refractivity contribution is 9.10. The van der Waals surface area contributed by atoms with E-state index in [1.807, 2.05) is 0 Å². The Morgan fingerprint density at radius 2 is 1.97 bits per heavy atom. The molecule has 0 aliphatic carbocycles. The van der Waals surface area contributed by atoms with E-state index in [1.54, 1.807) is 48.6 Å². The maximum Gasteiger partial charge on any atom is 0.247 e. The Morgan fingerprint density at radius 1 is 1.23 bits per heavy atom. The molecule has 0 N–H and O–H groups in total. The number of hydrogen-bond donors (Lipinski definition) is 0. The number of amides is 1. The highest BCUT2D eigenvalue weighted by Gasteiger charge is 2.28. The molecule has 1 fully saturated rings. The zero-order valence-corrected chi connectivity index (χ0v) is 18.7. The fourth-order valence-electron chi connectivity index (χ4n) is 3.21. The van der Waals surface area contributed by atoms with Crippen LogP contribution in [0.1, 0.15) is 17.5 Å². The van der Waals surface area contributed by atoms with Crippen LogP contribution >= 0.6 is 15.9 Å². The summed E-state index contributed by atoms with van der Waals surface area (Å²) in [7, 11) is -3.22. The number of hydrogen-bond acceptors (Lipinski definition) is 3. The Kier molecular flexibility index (Phi) is 7.10. The number of anilines is 1. The number of carbonyl (C=O) groups excluding carboxylic acids is 1. The SMILES string of the molecule is C=CCN(Cc1cc(Br)ccc1F)C(=O)/C=C/c1ccc(N2CCCS2(=O)=O)cc1. The number of sulfonamides is 1. The molecule has 2 aromatic carbocycles. The maximum atomic E-state index is 14.1. The monoisotopic (exact) mass is 492 g/mol. The zero-order chi connectivity index (χ0) is 21.7. The van der Waals surface area contributed by atoms with Gasteiger partial charge in [0.05, 0.1) is 11.4 Å². The smallest absolute Gasteiger partial charge is 0.247 e. The number of halogens is 2. The molecule has 5 nitrogen and oxygen atoms in total. The Balaban J connectivity index is 1.71. The normalized spacial score (nSPS) is 15.5. The molecule has 8 heteroatoms. The first-order chi connectivity index (χ1) is 14.3. The van der Waals surface area contributed by atoms with Crippen LogP contribution in [0.4, 0.5) is 10.1 Å². The van der Waals surface area contributed by atoms with Gasteiger partial charge in [0, 0.05) is 35.7 Å². The van der Waals surface area contributed by atoms with Gasteiger partial charge in [-0.1, -0.05) is 34.1 Å². The minimum Gasteiger partial charge on any atom is -0.331 e. The van der Waals surface area contributed by atoms with Crippen molar-refractivity contribution < 1.29 is 17.6 Å². The number of carbonyl (C=O) groups is 1. The number of nitrogens with zero attached hydrogens (tertiary/aromatic N) is 2. The van der Waals surface area contributed by atoms with Gasteiger partial charge in [0.15, 0.2) is 0 Å². The van der Waals surface area contributed by atoms with Crippen LogP contribution in [0.2, 0.25) is 0 Å². The first-order valence-electron chi connectivity index (χ1n) is 9.42. The van der Waals surface area contributed by atoms with Crippen LogP contribution in [0.15, 0.2) is 65.7 Å². The minimum atomic E-state index is -3.22. The van der Waals surface area contributed by atoms with E-state index < -0.39 is 10.0 Å². The Morgan fingerprint density at radius 3 is 2.60 bits per heavy atom. The van der Waals surface area contributed by atoms with E-state index in [1.165, 1.54) is 21.3 Å². The molecule has 1 amide bonds. The molecule has 158 valence electrons. The summed E-state index contributed by atoms with van der Waals surface area (Å²) in [6.07, 6.45) is 5.28. The molecule has 0 atom stereocenters. The van der Waals surface area contributed by atoms with Gasteiger partial charge in [-0.05, 0) is 48.4 Å². The van der Waals surface area contributed by atoms with Crippen molar-refractivity contribution in [3.8, 4) is 0 Å². The van der Waals surface area contributed by atoms with Crippen LogP contribution in [0.5, 0.6) is 0 Å². The van der Waals surface area contributed by atoms with Gasteiger partial charge >= 0.3 is 0 Å².